The van der Waals surface area contributed by atoms with E-state index in [0.29, 0.717) is 36.4 Å². The Morgan fingerprint density at radius 2 is 1.82 bits per heavy atom. The van der Waals surface area contributed by atoms with Crippen molar-refractivity contribution in [2.45, 2.75) is 17.5 Å². The monoisotopic (exact) mass is 566 g/mol. The molecule has 0 atom stereocenters. The molecule has 3 aliphatic rings. The molecule has 1 N–H and O–H groups in total. The van der Waals surface area contributed by atoms with Gasteiger partial charge in [-0.3, -0.25) is 14.8 Å². The molecular formula is C29H35FN6O3S. The first-order valence-electron chi connectivity index (χ1n) is 13.7. The summed E-state index contributed by atoms with van der Waals surface area (Å²) in [5, 5.41) is 0. The second-order valence-electron chi connectivity index (χ2n) is 10.3. The number of piperazine rings is 1. The fraction of sp³-hybridized carbons (Fsp3) is 0.448. The van der Waals surface area contributed by atoms with Gasteiger partial charge in [-0.15, -0.1) is 0 Å². The van der Waals surface area contributed by atoms with Crippen molar-refractivity contribution in [1.29, 1.82) is 0 Å². The van der Waals surface area contributed by atoms with Gasteiger partial charge in [0.25, 0.3) is 0 Å². The lowest BCUT2D eigenvalue weighted by atomic mass is 10.1. The lowest BCUT2D eigenvalue weighted by Gasteiger charge is -2.42. The van der Waals surface area contributed by atoms with Crippen LogP contribution in [0.25, 0.3) is 11.3 Å². The molecule has 9 nitrogen and oxygen atoms in total. The van der Waals surface area contributed by atoms with Crippen molar-refractivity contribution in [2.75, 3.05) is 82.4 Å². The van der Waals surface area contributed by atoms with Gasteiger partial charge in [0.1, 0.15) is 5.82 Å². The van der Waals surface area contributed by atoms with E-state index in [2.05, 4.69) is 35.5 Å². The molecule has 0 aliphatic carbocycles. The molecular weight excluding hydrogens is 531 g/mol. The summed E-state index contributed by atoms with van der Waals surface area (Å²) in [7, 11) is 1.61. The number of nitrogens with one attached hydrogen (secondary N) is 1. The number of rotatable bonds is 9. The minimum atomic E-state index is -0.260. The van der Waals surface area contributed by atoms with Gasteiger partial charge in [0.2, 0.25) is 5.88 Å². The third-order valence-corrected chi connectivity index (χ3v) is 8.52. The number of halogens is 1. The van der Waals surface area contributed by atoms with Gasteiger partial charge in [0.05, 0.1) is 62.1 Å². The largest absolute Gasteiger partial charge is 0.480 e. The lowest BCUT2D eigenvalue weighted by molar-refractivity contribution is -0.0774. The number of anilines is 2. The zero-order valence-corrected chi connectivity index (χ0v) is 23.5. The Morgan fingerprint density at radius 3 is 2.55 bits per heavy atom. The summed E-state index contributed by atoms with van der Waals surface area (Å²) < 4.78 is 34.9. The zero-order chi connectivity index (χ0) is 27.3. The number of benzene rings is 1. The van der Waals surface area contributed by atoms with Crippen molar-refractivity contribution >= 4 is 23.3 Å². The number of aromatic nitrogens is 2. The SMILES string of the molecule is COc1ncc(N2CCOCC2)cc1SNc1ccnc(-c2ccc(CN3CCN(C4COC4)CC3)cc2F)c1. The van der Waals surface area contributed by atoms with Gasteiger partial charge < -0.3 is 23.8 Å². The first kappa shape index (κ1) is 27.2. The van der Waals surface area contributed by atoms with Gasteiger partial charge in [-0.05, 0) is 47.8 Å². The quantitative estimate of drug-likeness (QED) is 0.387. The van der Waals surface area contributed by atoms with Crippen LogP contribution in [0, 0.1) is 5.82 Å². The van der Waals surface area contributed by atoms with Crippen molar-refractivity contribution < 1.29 is 18.6 Å². The van der Waals surface area contributed by atoms with Crippen LogP contribution in [-0.4, -0.2) is 98.6 Å². The van der Waals surface area contributed by atoms with E-state index >= 15 is 4.39 Å². The summed E-state index contributed by atoms with van der Waals surface area (Å²) in [6.07, 6.45) is 3.52. The molecule has 0 saturated carbocycles. The smallest absolute Gasteiger partial charge is 0.229 e. The molecule has 0 spiro atoms. The Kier molecular flexibility index (Phi) is 8.64. The Hall–Kier alpha value is -2.96. The number of hydrogen-bond donors (Lipinski definition) is 1. The van der Waals surface area contributed by atoms with Crippen molar-refractivity contribution in [3.63, 3.8) is 0 Å². The van der Waals surface area contributed by atoms with E-state index < -0.39 is 0 Å². The molecule has 5 heterocycles. The highest BCUT2D eigenvalue weighted by Gasteiger charge is 2.28. The van der Waals surface area contributed by atoms with Crippen molar-refractivity contribution in [3.8, 4) is 17.1 Å². The molecule has 0 amide bonds. The molecule has 3 fully saturated rings. The second kappa shape index (κ2) is 12.7. The molecule has 0 unspecified atom stereocenters. The molecule has 11 heteroatoms. The average Bonchev–Trinajstić information content (AvgIpc) is 2.97. The van der Waals surface area contributed by atoms with Crippen molar-refractivity contribution in [2.24, 2.45) is 0 Å². The molecule has 0 bridgehead atoms. The molecule has 6 rings (SSSR count). The maximum Gasteiger partial charge on any atom is 0.229 e. The summed E-state index contributed by atoms with van der Waals surface area (Å²) in [4.78, 5) is 16.9. The first-order chi connectivity index (χ1) is 19.7. The minimum Gasteiger partial charge on any atom is -0.480 e. The molecule has 40 heavy (non-hydrogen) atoms. The predicted octanol–water partition coefficient (Wildman–Crippen LogP) is 3.76. The number of nitrogens with zero attached hydrogens (tertiary/aromatic N) is 5. The molecule has 3 saturated heterocycles. The Labute approximate surface area is 238 Å². The summed E-state index contributed by atoms with van der Waals surface area (Å²) in [6.45, 7) is 9.57. The highest BCUT2D eigenvalue weighted by Crippen LogP contribution is 2.33. The van der Waals surface area contributed by atoms with Gasteiger partial charge in [-0.2, -0.15) is 0 Å². The summed E-state index contributed by atoms with van der Waals surface area (Å²) >= 11 is 1.41. The Balaban J connectivity index is 1.09. The lowest BCUT2D eigenvalue weighted by Crippen LogP contribution is -2.56. The van der Waals surface area contributed by atoms with Crippen LogP contribution in [0.5, 0.6) is 5.88 Å². The van der Waals surface area contributed by atoms with Crippen LogP contribution >= 0.6 is 11.9 Å². The number of morpholine rings is 1. The highest BCUT2D eigenvalue weighted by atomic mass is 32.2. The number of hydrogen-bond acceptors (Lipinski definition) is 10. The second-order valence-corrected chi connectivity index (χ2v) is 11.1. The van der Waals surface area contributed by atoms with Gasteiger partial charge in [-0.1, -0.05) is 6.07 Å². The Morgan fingerprint density at radius 1 is 1.00 bits per heavy atom. The zero-order valence-electron chi connectivity index (χ0n) is 22.7. The van der Waals surface area contributed by atoms with E-state index in [0.717, 1.165) is 80.9 Å². The third-order valence-electron chi connectivity index (χ3n) is 7.67. The topological polar surface area (TPSA) is 75.2 Å². The molecule has 0 radical (unpaired) electrons. The fourth-order valence-corrected chi connectivity index (χ4v) is 6.00. The van der Waals surface area contributed by atoms with Crippen LogP contribution in [0.4, 0.5) is 15.8 Å². The first-order valence-corrected chi connectivity index (χ1v) is 14.6. The summed E-state index contributed by atoms with van der Waals surface area (Å²) in [6, 6.07) is 11.9. The van der Waals surface area contributed by atoms with Crippen LogP contribution in [0.15, 0.2) is 53.7 Å². The summed E-state index contributed by atoms with van der Waals surface area (Å²) in [5.41, 5.74) is 3.89. The third kappa shape index (κ3) is 6.34. The normalized spacial score (nSPS) is 18.9. The van der Waals surface area contributed by atoms with Crippen LogP contribution < -0.4 is 14.4 Å². The van der Waals surface area contributed by atoms with E-state index in [1.165, 1.54) is 11.9 Å². The van der Waals surface area contributed by atoms with Crippen LogP contribution in [0.2, 0.25) is 0 Å². The van der Waals surface area contributed by atoms with E-state index in [1.807, 2.05) is 30.5 Å². The molecule has 3 aliphatic heterocycles. The number of methoxy groups -OCH3 is 1. The fourth-order valence-electron chi connectivity index (χ4n) is 5.24. The Bertz CT molecular complexity index is 1300. The van der Waals surface area contributed by atoms with Gasteiger partial charge in [0.15, 0.2) is 0 Å². The van der Waals surface area contributed by atoms with Crippen LogP contribution in [0.1, 0.15) is 5.56 Å². The van der Waals surface area contributed by atoms with E-state index in [4.69, 9.17) is 14.2 Å². The molecule has 3 aromatic rings. The van der Waals surface area contributed by atoms with Crippen LogP contribution in [0.3, 0.4) is 0 Å². The van der Waals surface area contributed by atoms with E-state index in [1.54, 1.807) is 19.4 Å². The minimum absolute atomic E-state index is 0.260. The standard InChI is InChI=1S/C29H35FN6O3S/c1-37-29-28(16-23(17-32-29)36-10-12-38-13-11-36)40-33-22-4-5-31-27(15-22)25-3-2-21(14-26(25)30)18-34-6-8-35(9-7-34)24-19-39-20-24/h2-5,14-17,24H,6-13,18-20H2,1H3,(H,31,33). The van der Waals surface area contributed by atoms with Crippen molar-refractivity contribution in [3.05, 3.63) is 60.2 Å². The predicted molar refractivity (Wildman–Crippen MR) is 154 cm³/mol. The van der Waals surface area contributed by atoms with Crippen molar-refractivity contribution in [1.82, 2.24) is 19.8 Å². The van der Waals surface area contributed by atoms with Gasteiger partial charge in [-0.25, -0.2) is 9.37 Å². The average molecular weight is 567 g/mol. The molecule has 212 valence electrons. The molecule has 1 aromatic carbocycles. The van der Waals surface area contributed by atoms with E-state index in [9.17, 15) is 0 Å². The highest BCUT2D eigenvalue weighted by molar-refractivity contribution is 8.00. The maximum atomic E-state index is 15.3. The maximum absolute atomic E-state index is 15.3. The van der Waals surface area contributed by atoms with Gasteiger partial charge in [0, 0.05) is 63.3 Å². The number of pyridine rings is 2. The van der Waals surface area contributed by atoms with Gasteiger partial charge >= 0.3 is 0 Å². The van der Waals surface area contributed by atoms with E-state index in [-0.39, 0.29) is 5.82 Å². The summed E-state index contributed by atoms with van der Waals surface area (Å²) in [5.74, 6) is 0.285. The molecule has 2 aromatic heterocycles. The number of ether oxygens (including phenoxy) is 3. The van der Waals surface area contributed by atoms with Crippen LogP contribution in [-0.2, 0) is 16.0 Å².